The van der Waals surface area contributed by atoms with Crippen LogP contribution in [0.15, 0.2) is 56.9 Å². The summed E-state index contributed by atoms with van der Waals surface area (Å²) in [6, 6.07) is 5.90. The van der Waals surface area contributed by atoms with Crippen molar-refractivity contribution >= 4 is 28.9 Å². The molecule has 1 aromatic carbocycles. The summed E-state index contributed by atoms with van der Waals surface area (Å²) in [6.45, 7) is 1.26. The van der Waals surface area contributed by atoms with E-state index in [4.69, 9.17) is 16.3 Å². The van der Waals surface area contributed by atoms with E-state index >= 15 is 0 Å². The molecule has 0 radical (unpaired) electrons. The minimum Gasteiger partial charge on any atom is -0.476 e. The molecule has 3 aliphatic heterocycles. The molecule has 2 unspecified atom stereocenters. The van der Waals surface area contributed by atoms with Gasteiger partial charge in [-0.05, 0) is 60.3 Å². The molecule has 182 valence electrons. The lowest BCUT2D eigenvalue weighted by Crippen LogP contribution is -2.51. The molecule has 0 aromatic heterocycles. The van der Waals surface area contributed by atoms with Crippen molar-refractivity contribution in [2.24, 2.45) is 32.0 Å². The highest BCUT2D eigenvalue weighted by molar-refractivity contribution is 6.33. The Hall–Kier alpha value is -3.52. The van der Waals surface area contributed by atoms with Crippen molar-refractivity contribution in [3.63, 3.8) is 0 Å². The standard InChI is InChI=1S/C23H24ClFN8O2/c24-16-9-18-19(10-17(16)28-22-29-31-32-30-22)35-20(12-27-18)21(34)33-7-5-23(13-26,6-8-33)11-14-1-3-15(25)4-2-14/h1,3-4,9-10,14,20,22,27-28H,2,5-8,11-12H2. The zero-order valence-electron chi connectivity index (χ0n) is 18.8. The third-order valence-corrected chi connectivity index (χ3v) is 7.12. The van der Waals surface area contributed by atoms with Gasteiger partial charge in [0.05, 0.1) is 34.4 Å². The molecule has 0 spiro atoms. The molecular formula is C23H24ClFN8O2. The Morgan fingerprint density at radius 3 is 2.80 bits per heavy atom. The molecule has 0 saturated carbocycles. The van der Waals surface area contributed by atoms with Crippen molar-refractivity contribution in [1.29, 1.82) is 5.26 Å². The van der Waals surface area contributed by atoms with E-state index in [0.717, 1.165) is 0 Å². The van der Waals surface area contributed by atoms with Gasteiger partial charge in [0.15, 0.2) is 6.10 Å². The van der Waals surface area contributed by atoms with Crippen molar-refractivity contribution in [3.8, 4) is 11.8 Å². The number of nitrogens with one attached hydrogen (secondary N) is 2. The molecule has 1 aromatic rings. The summed E-state index contributed by atoms with van der Waals surface area (Å²) >= 11 is 6.35. The minimum absolute atomic E-state index is 0.125. The van der Waals surface area contributed by atoms with E-state index in [9.17, 15) is 14.4 Å². The Bertz CT molecular complexity index is 1160. The predicted octanol–water partition coefficient (Wildman–Crippen LogP) is 4.99. The molecule has 10 nitrogen and oxygen atoms in total. The summed E-state index contributed by atoms with van der Waals surface area (Å²) in [5.41, 5.74) is 0.707. The maximum absolute atomic E-state index is 13.3. The lowest BCUT2D eigenvalue weighted by atomic mass is 9.72. The number of nitriles is 1. The van der Waals surface area contributed by atoms with Gasteiger partial charge in [0.1, 0.15) is 11.6 Å². The molecule has 35 heavy (non-hydrogen) atoms. The Labute approximate surface area is 206 Å². The zero-order chi connectivity index (χ0) is 24.4. The molecule has 2 N–H and O–H groups in total. The topological polar surface area (TPSA) is 127 Å². The normalized spacial score (nSPS) is 24.7. The number of likely N-dealkylation sites (tertiary alicyclic amines) is 1. The Morgan fingerprint density at radius 2 is 2.11 bits per heavy atom. The first-order chi connectivity index (χ1) is 16.9. The highest BCUT2D eigenvalue weighted by Gasteiger charge is 2.40. The summed E-state index contributed by atoms with van der Waals surface area (Å²) in [7, 11) is 0. The van der Waals surface area contributed by atoms with Gasteiger partial charge in [-0.15, -0.1) is 10.2 Å². The minimum atomic E-state index is -0.702. The second-order valence-electron chi connectivity index (χ2n) is 9.11. The second-order valence-corrected chi connectivity index (χ2v) is 9.52. The molecule has 5 rings (SSSR count). The van der Waals surface area contributed by atoms with Crippen molar-refractivity contribution in [1.82, 2.24) is 4.90 Å². The molecule has 4 aliphatic rings. The van der Waals surface area contributed by atoms with Gasteiger partial charge in [-0.2, -0.15) is 5.26 Å². The fourth-order valence-electron chi connectivity index (χ4n) is 4.81. The maximum Gasteiger partial charge on any atom is 0.265 e. The van der Waals surface area contributed by atoms with Crippen LogP contribution in [0.5, 0.6) is 5.75 Å². The number of amides is 1. The van der Waals surface area contributed by atoms with Gasteiger partial charge in [0.2, 0.25) is 0 Å². The average molecular weight is 499 g/mol. The number of rotatable bonds is 5. The number of hydrogen-bond acceptors (Lipinski definition) is 9. The first-order valence-electron chi connectivity index (χ1n) is 11.5. The number of ether oxygens (including phenoxy) is 1. The van der Waals surface area contributed by atoms with Crippen LogP contribution in [0.4, 0.5) is 15.8 Å². The van der Waals surface area contributed by atoms with Crippen molar-refractivity contribution in [2.45, 2.75) is 38.1 Å². The quantitative estimate of drug-likeness (QED) is 0.591. The summed E-state index contributed by atoms with van der Waals surface area (Å²) in [5.74, 6) is 0.275. The molecule has 0 bridgehead atoms. The molecule has 1 saturated heterocycles. The van der Waals surface area contributed by atoms with Gasteiger partial charge in [0.25, 0.3) is 12.2 Å². The summed E-state index contributed by atoms with van der Waals surface area (Å²) < 4.78 is 19.3. The SMILES string of the molecule is N#CC1(CC2C=CC(F)=CC2)CCN(C(=O)C2CNc3cc(Cl)c(NC4N=NN=N4)cc3O2)CC1. The lowest BCUT2D eigenvalue weighted by Gasteiger charge is -2.40. The van der Waals surface area contributed by atoms with Gasteiger partial charge in [0, 0.05) is 19.2 Å². The zero-order valence-corrected chi connectivity index (χ0v) is 19.6. The van der Waals surface area contributed by atoms with Gasteiger partial charge >= 0.3 is 0 Å². The third kappa shape index (κ3) is 4.98. The van der Waals surface area contributed by atoms with Crippen LogP contribution >= 0.6 is 11.6 Å². The maximum atomic E-state index is 13.3. The number of allylic oxidation sites excluding steroid dienone is 4. The largest absolute Gasteiger partial charge is 0.476 e. The molecule has 1 amide bonds. The van der Waals surface area contributed by atoms with E-state index in [1.807, 2.05) is 6.08 Å². The van der Waals surface area contributed by atoms with Gasteiger partial charge in [-0.25, -0.2) is 4.39 Å². The fraction of sp³-hybridized carbons (Fsp3) is 0.478. The number of carbonyl (C=O) groups is 1. The van der Waals surface area contributed by atoms with Crippen LogP contribution in [0.1, 0.15) is 25.7 Å². The second kappa shape index (κ2) is 9.62. The summed E-state index contributed by atoms with van der Waals surface area (Å²) in [4.78, 5) is 15.0. The highest BCUT2D eigenvalue weighted by atomic mass is 35.5. The monoisotopic (exact) mass is 498 g/mol. The highest BCUT2D eigenvalue weighted by Crippen LogP contribution is 2.41. The number of anilines is 2. The number of carbonyl (C=O) groups excluding carboxylic acids is 1. The molecule has 12 heteroatoms. The average Bonchev–Trinajstić information content (AvgIpc) is 3.39. The van der Waals surface area contributed by atoms with Crippen molar-refractivity contribution in [2.75, 3.05) is 30.3 Å². The smallest absolute Gasteiger partial charge is 0.265 e. The first kappa shape index (κ1) is 23.2. The van der Waals surface area contributed by atoms with Crippen molar-refractivity contribution in [3.05, 3.63) is 41.2 Å². The molecule has 1 aliphatic carbocycles. The van der Waals surface area contributed by atoms with Gasteiger partial charge in [-0.1, -0.05) is 17.7 Å². The summed E-state index contributed by atoms with van der Waals surface area (Å²) in [6.07, 6.45) is 5.94. The number of benzene rings is 1. The fourth-order valence-corrected chi connectivity index (χ4v) is 5.03. The van der Waals surface area contributed by atoms with Crippen LogP contribution in [0.2, 0.25) is 5.02 Å². The molecule has 2 atom stereocenters. The van der Waals surface area contributed by atoms with E-state index in [1.165, 1.54) is 6.08 Å². The molecule has 3 heterocycles. The van der Waals surface area contributed by atoms with Crippen LogP contribution < -0.4 is 15.4 Å². The van der Waals surface area contributed by atoms with E-state index in [1.54, 1.807) is 23.1 Å². The lowest BCUT2D eigenvalue weighted by molar-refractivity contribution is -0.140. The Kier molecular flexibility index (Phi) is 6.38. The van der Waals surface area contributed by atoms with Crippen LogP contribution in [0.3, 0.4) is 0 Å². The first-order valence-corrected chi connectivity index (χ1v) is 11.9. The Balaban J connectivity index is 1.20. The number of halogens is 2. The molecule has 1 fully saturated rings. The number of fused-ring (bicyclic) bond motifs is 1. The van der Waals surface area contributed by atoms with Gasteiger partial charge in [-0.3, -0.25) is 4.79 Å². The molecular weight excluding hydrogens is 475 g/mol. The van der Waals surface area contributed by atoms with Crippen LogP contribution in [-0.2, 0) is 4.79 Å². The van der Waals surface area contributed by atoms with Crippen LogP contribution in [0.25, 0.3) is 0 Å². The van der Waals surface area contributed by atoms with E-state index in [0.29, 0.717) is 67.5 Å². The predicted molar refractivity (Wildman–Crippen MR) is 126 cm³/mol. The van der Waals surface area contributed by atoms with E-state index in [-0.39, 0.29) is 17.7 Å². The van der Waals surface area contributed by atoms with E-state index in [2.05, 4.69) is 37.4 Å². The number of hydrogen-bond donors (Lipinski definition) is 2. The third-order valence-electron chi connectivity index (χ3n) is 6.80. The van der Waals surface area contributed by atoms with Crippen molar-refractivity contribution < 1.29 is 13.9 Å². The number of piperidine rings is 1. The van der Waals surface area contributed by atoms with E-state index < -0.39 is 17.8 Å². The van der Waals surface area contributed by atoms with Crippen LogP contribution in [-0.4, -0.2) is 42.8 Å². The number of nitrogens with zero attached hydrogens (tertiary/aromatic N) is 6. The van der Waals surface area contributed by atoms with Crippen LogP contribution in [0, 0.1) is 22.7 Å². The van der Waals surface area contributed by atoms with Gasteiger partial charge < -0.3 is 20.3 Å². The summed E-state index contributed by atoms with van der Waals surface area (Å²) in [5, 5.41) is 31.1. The Morgan fingerprint density at radius 1 is 1.34 bits per heavy atom.